The summed E-state index contributed by atoms with van der Waals surface area (Å²) < 4.78 is 1.70. The highest BCUT2D eigenvalue weighted by Gasteiger charge is 2.07. The maximum atomic E-state index is 10.9. The van der Waals surface area contributed by atoms with Gasteiger partial charge in [0.15, 0.2) is 5.82 Å². The van der Waals surface area contributed by atoms with E-state index in [0.717, 1.165) is 24.2 Å². The van der Waals surface area contributed by atoms with Crippen molar-refractivity contribution in [3.63, 3.8) is 0 Å². The SMILES string of the molecule is CCCc1nnnn1Cc1cccc(C(=O)O)c1. The number of carboxylic acid groups (broad SMARTS) is 1. The number of aromatic nitrogens is 4. The Hall–Kier alpha value is -2.24. The van der Waals surface area contributed by atoms with Gasteiger partial charge in [0.1, 0.15) is 0 Å². The van der Waals surface area contributed by atoms with Crippen LogP contribution in [0.25, 0.3) is 0 Å². The van der Waals surface area contributed by atoms with Crippen LogP contribution in [0.2, 0.25) is 0 Å². The Morgan fingerprint density at radius 1 is 1.44 bits per heavy atom. The molecule has 1 aromatic heterocycles. The number of rotatable bonds is 5. The van der Waals surface area contributed by atoms with Crippen molar-refractivity contribution in [1.29, 1.82) is 0 Å². The lowest BCUT2D eigenvalue weighted by Gasteiger charge is -2.04. The Kier molecular flexibility index (Phi) is 3.66. The van der Waals surface area contributed by atoms with Gasteiger partial charge in [0.05, 0.1) is 12.1 Å². The lowest BCUT2D eigenvalue weighted by molar-refractivity contribution is 0.0696. The average Bonchev–Trinajstić information content (AvgIpc) is 2.77. The zero-order valence-corrected chi connectivity index (χ0v) is 10.1. The molecule has 0 radical (unpaired) electrons. The summed E-state index contributed by atoms with van der Waals surface area (Å²) in [5.41, 5.74) is 1.15. The molecule has 0 aliphatic carbocycles. The average molecular weight is 246 g/mol. The van der Waals surface area contributed by atoms with E-state index in [1.807, 2.05) is 6.07 Å². The van der Waals surface area contributed by atoms with Gasteiger partial charge in [-0.2, -0.15) is 0 Å². The van der Waals surface area contributed by atoms with Gasteiger partial charge in [-0.05, 0) is 34.5 Å². The summed E-state index contributed by atoms with van der Waals surface area (Å²) in [7, 11) is 0. The minimum atomic E-state index is -0.928. The van der Waals surface area contributed by atoms with Crippen LogP contribution in [0.4, 0.5) is 0 Å². The Balaban J connectivity index is 2.20. The van der Waals surface area contributed by atoms with Crippen LogP contribution in [-0.4, -0.2) is 31.3 Å². The topological polar surface area (TPSA) is 80.9 Å². The van der Waals surface area contributed by atoms with E-state index in [2.05, 4.69) is 22.4 Å². The molecular weight excluding hydrogens is 232 g/mol. The van der Waals surface area contributed by atoms with Crippen molar-refractivity contribution in [2.75, 3.05) is 0 Å². The molecule has 0 fully saturated rings. The van der Waals surface area contributed by atoms with Crippen LogP contribution < -0.4 is 0 Å². The number of carboxylic acids is 1. The minimum absolute atomic E-state index is 0.276. The first-order valence-electron chi connectivity index (χ1n) is 5.78. The number of tetrazole rings is 1. The summed E-state index contributed by atoms with van der Waals surface area (Å²) >= 11 is 0. The molecule has 0 unspecified atom stereocenters. The van der Waals surface area contributed by atoms with E-state index in [9.17, 15) is 4.79 Å². The summed E-state index contributed by atoms with van der Waals surface area (Å²) in [5, 5.41) is 20.4. The lowest BCUT2D eigenvalue weighted by Crippen LogP contribution is -2.08. The number of nitrogens with zero attached hydrogens (tertiary/aromatic N) is 4. The molecule has 94 valence electrons. The van der Waals surface area contributed by atoms with E-state index in [1.54, 1.807) is 22.9 Å². The Labute approximate surface area is 104 Å². The van der Waals surface area contributed by atoms with Crippen LogP contribution in [0, 0.1) is 0 Å². The molecule has 0 amide bonds. The fourth-order valence-electron chi connectivity index (χ4n) is 1.72. The summed E-state index contributed by atoms with van der Waals surface area (Å²) in [6, 6.07) is 6.80. The molecule has 18 heavy (non-hydrogen) atoms. The number of hydrogen-bond acceptors (Lipinski definition) is 4. The molecule has 0 aliphatic heterocycles. The zero-order chi connectivity index (χ0) is 13.0. The van der Waals surface area contributed by atoms with Crippen LogP contribution >= 0.6 is 0 Å². The third-order valence-corrected chi connectivity index (χ3v) is 2.59. The lowest BCUT2D eigenvalue weighted by atomic mass is 10.1. The first-order chi connectivity index (χ1) is 8.70. The van der Waals surface area contributed by atoms with Crippen molar-refractivity contribution in [2.24, 2.45) is 0 Å². The van der Waals surface area contributed by atoms with Crippen LogP contribution in [-0.2, 0) is 13.0 Å². The van der Waals surface area contributed by atoms with Gasteiger partial charge in [0, 0.05) is 6.42 Å². The van der Waals surface area contributed by atoms with Gasteiger partial charge in [-0.1, -0.05) is 19.1 Å². The van der Waals surface area contributed by atoms with E-state index >= 15 is 0 Å². The molecule has 1 N–H and O–H groups in total. The molecule has 0 bridgehead atoms. The fourth-order valence-corrected chi connectivity index (χ4v) is 1.72. The third-order valence-electron chi connectivity index (χ3n) is 2.59. The Bertz CT molecular complexity index is 551. The molecule has 0 atom stereocenters. The maximum absolute atomic E-state index is 10.9. The summed E-state index contributed by atoms with van der Waals surface area (Å²) in [6.45, 7) is 2.55. The van der Waals surface area contributed by atoms with Crippen LogP contribution in [0.1, 0.15) is 35.1 Å². The van der Waals surface area contributed by atoms with E-state index < -0.39 is 5.97 Å². The fraction of sp³-hybridized carbons (Fsp3) is 0.333. The number of benzene rings is 1. The van der Waals surface area contributed by atoms with Gasteiger partial charge in [-0.3, -0.25) is 0 Å². The van der Waals surface area contributed by atoms with Gasteiger partial charge in [0.2, 0.25) is 0 Å². The van der Waals surface area contributed by atoms with Crippen molar-refractivity contribution in [3.05, 3.63) is 41.2 Å². The second-order valence-electron chi connectivity index (χ2n) is 4.01. The van der Waals surface area contributed by atoms with Gasteiger partial charge in [-0.25, -0.2) is 9.48 Å². The van der Waals surface area contributed by atoms with Crippen molar-refractivity contribution in [3.8, 4) is 0 Å². The number of aryl methyl sites for hydroxylation is 1. The molecular formula is C12H14N4O2. The zero-order valence-electron chi connectivity index (χ0n) is 10.1. The van der Waals surface area contributed by atoms with E-state index in [4.69, 9.17) is 5.11 Å². The van der Waals surface area contributed by atoms with Crippen molar-refractivity contribution in [2.45, 2.75) is 26.3 Å². The largest absolute Gasteiger partial charge is 0.478 e. The second kappa shape index (κ2) is 5.39. The number of carbonyl (C=O) groups is 1. The van der Waals surface area contributed by atoms with E-state index in [0.29, 0.717) is 6.54 Å². The van der Waals surface area contributed by atoms with Crippen molar-refractivity contribution < 1.29 is 9.90 Å². The Morgan fingerprint density at radius 2 is 2.28 bits per heavy atom. The monoisotopic (exact) mass is 246 g/mol. The van der Waals surface area contributed by atoms with E-state index in [-0.39, 0.29) is 5.56 Å². The molecule has 0 aliphatic rings. The highest BCUT2D eigenvalue weighted by Crippen LogP contribution is 2.08. The molecule has 0 spiro atoms. The number of aromatic carboxylic acids is 1. The third kappa shape index (κ3) is 2.71. The van der Waals surface area contributed by atoms with Crippen molar-refractivity contribution >= 4 is 5.97 Å². The van der Waals surface area contributed by atoms with Gasteiger partial charge >= 0.3 is 5.97 Å². The van der Waals surface area contributed by atoms with Gasteiger partial charge in [0.25, 0.3) is 0 Å². The highest BCUT2D eigenvalue weighted by atomic mass is 16.4. The molecule has 1 heterocycles. The molecule has 0 saturated heterocycles. The first kappa shape index (κ1) is 12.2. The Morgan fingerprint density at radius 3 is 3.00 bits per heavy atom. The molecule has 1 aromatic carbocycles. The summed E-state index contributed by atoms with van der Waals surface area (Å²) in [6.07, 6.45) is 1.78. The summed E-state index contributed by atoms with van der Waals surface area (Å²) in [4.78, 5) is 10.9. The molecule has 0 saturated carbocycles. The van der Waals surface area contributed by atoms with Gasteiger partial charge in [-0.15, -0.1) is 5.10 Å². The van der Waals surface area contributed by atoms with Crippen LogP contribution in [0.5, 0.6) is 0 Å². The smallest absolute Gasteiger partial charge is 0.335 e. The first-order valence-corrected chi connectivity index (χ1v) is 5.78. The maximum Gasteiger partial charge on any atom is 0.335 e. The standard InChI is InChI=1S/C12H14N4O2/c1-2-4-11-13-14-15-16(11)8-9-5-3-6-10(7-9)12(17)18/h3,5-7H,2,4,8H2,1H3,(H,17,18). The van der Waals surface area contributed by atoms with Gasteiger partial charge < -0.3 is 5.11 Å². The predicted molar refractivity (Wildman–Crippen MR) is 64.3 cm³/mol. The molecule has 6 nitrogen and oxygen atoms in total. The van der Waals surface area contributed by atoms with Crippen LogP contribution in [0.15, 0.2) is 24.3 Å². The quantitative estimate of drug-likeness (QED) is 0.861. The predicted octanol–water partition coefficient (Wildman–Crippen LogP) is 1.37. The summed E-state index contributed by atoms with van der Waals surface area (Å²) in [5.74, 6) is -0.111. The highest BCUT2D eigenvalue weighted by molar-refractivity contribution is 5.87. The minimum Gasteiger partial charge on any atom is -0.478 e. The number of hydrogen-bond donors (Lipinski definition) is 1. The second-order valence-corrected chi connectivity index (χ2v) is 4.01. The normalized spacial score (nSPS) is 10.5. The molecule has 6 heteroatoms. The van der Waals surface area contributed by atoms with Crippen LogP contribution in [0.3, 0.4) is 0 Å². The molecule has 2 rings (SSSR count). The molecule has 2 aromatic rings. The van der Waals surface area contributed by atoms with E-state index in [1.165, 1.54) is 0 Å². The van der Waals surface area contributed by atoms with Crippen molar-refractivity contribution in [1.82, 2.24) is 20.2 Å².